The molecule has 0 saturated heterocycles. The van der Waals surface area contributed by atoms with E-state index in [9.17, 15) is 13.6 Å². The second kappa shape index (κ2) is 5.10. The first-order chi connectivity index (χ1) is 9.33. The predicted octanol–water partition coefficient (Wildman–Crippen LogP) is 3.99. The van der Waals surface area contributed by atoms with Crippen molar-refractivity contribution in [2.24, 2.45) is 0 Å². The number of benzene rings is 1. The standard InChI is InChI=1S/C12H14ClF2NO2/c1-12(2,3)18-11(17)16(4)10-5-7(13)8(14)6-9(10)15/h5-6H,1-4H3/i4D3. The summed E-state index contributed by atoms with van der Waals surface area (Å²) >= 11 is 5.51. The van der Waals surface area contributed by atoms with Crippen LogP contribution in [0.3, 0.4) is 0 Å². The molecule has 0 aliphatic heterocycles. The van der Waals surface area contributed by atoms with Crippen LogP contribution in [0, 0.1) is 11.6 Å². The molecule has 18 heavy (non-hydrogen) atoms. The van der Waals surface area contributed by atoms with E-state index in [2.05, 4.69) is 0 Å². The van der Waals surface area contributed by atoms with E-state index < -0.39 is 41.0 Å². The van der Waals surface area contributed by atoms with Gasteiger partial charge in [0, 0.05) is 17.2 Å². The SMILES string of the molecule is [2H]C([2H])([2H])N(C(=O)OC(C)(C)C)c1cc(Cl)c(F)cc1F. The Morgan fingerprint density at radius 3 is 2.50 bits per heavy atom. The van der Waals surface area contributed by atoms with Crippen molar-refractivity contribution in [3.05, 3.63) is 28.8 Å². The molecule has 0 N–H and O–H groups in total. The Hall–Kier alpha value is -1.36. The second-order valence-electron chi connectivity index (χ2n) is 4.53. The lowest BCUT2D eigenvalue weighted by molar-refractivity contribution is 0.0588. The molecule has 0 unspecified atom stereocenters. The highest BCUT2D eigenvalue weighted by Crippen LogP contribution is 2.26. The molecule has 0 atom stereocenters. The van der Waals surface area contributed by atoms with Gasteiger partial charge in [0.1, 0.15) is 17.2 Å². The van der Waals surface area contributed by atoms with Crippen LogP contribution in [0.1, 0.15) is 24.9 Å². The number of hydrogen-bond acceptors (Lipinski definition) is 2. The first-order valence-electron chi connectivity index (χ1n) is 6.50. The summed E-state index contributed by atoms with van der Waals surface area (Å²) in [4.78, 5) is 12.1. The monoisotopic (exact) mass is 280 g/mol. The molecule has 1 rings (SSSR count). The van der Waals surface area contributed by atoms with Crippen molar-refractivity contribution in [2.75, 3.05) is 11.9 Å². The normalized spacial score (nSPS) is 14.4. The lowest BCUT2D eigenvalue weighted by Crippen LogP contribution is -2.34. The molecule has 0 aromatic heterocycles. The molecule has 6 heteroatoms. The summed E-state index contributed by atoms with van der Waals surface area (Å²) in [5.74, 6) is -2.30. The van der Waals surface area contributed by atoms with Crippen LogP contribution in [0.25, 0.3) is 0 Å². The molecular weight excluding hydrogens is 264 g/mol. The van der Waals surface area contributed by atoms with E-state index in [4.69, 9.17) is 20.5 Å². The topological polar surface area (TPSA) is 29.5 Å². The molecule has 100 valence electrons. The van der Waals surface area contributed by atoms with Gasteiger partial charge in [-0.1, -0.05) is 11.6 Å². The lowest BCUT2D eigenvalue weighted by Gasteiger charge is -2.25. The summed E-state index contributed by atoms with van der Waals surface area (Å²) in [6.45, 7) is 1.55. The quantitative estimate of drug-likeness (QED) is 0.728. The Morgan fingerprint density at radius 1 is 1.39 bits per heavy atom. The predicted molar refractivity (Wildman–Crippen MR) is 66.0 cm³/mol. The second-order valence-corrected chi connectivity index (χ2v) is 4.94. The number of carbonyl (C=O) groups excluding carboxylic acids is 1. The van der Waals surface area contributed by atoms with Crippen LogP contribution in [0.2, 0.25) is 5.02 Å². The number of anilines is 1. The Balaban J connectivity index is 3.34. The summed E-state index contributed by atoms with van der Waals surface area (Å²) in [6, 6.07) is 1.13. The molecule has 0 spiro atoms. The Morgan fingerprint density at radius 2 is 2.00 bits per heavy atom. The van der Waals surface area contributed by atoms with Gasteiger partial charge >= 0.3 is 6.09 Å². The molecule has 0 bridgehead atoms. The highest BCUT2D eigenvalue weighted by molar-refractivity contribution is 6.31. The van der Waals surface area contributed by atoms with Crippen LogP contribution < -0.4 is 4.90 Å². The first kappa shape index (κ1) is 10.6. The molecule has 0 heterocycles. The van der Waals surface area contributed by atoms with Crippen molar-refractivity contribution in [3.8, 4) is 0 Å². The third kappa shape index (κ3) is 3.57. The van der Waals surface area contributed by atoms with Crippen LogP contribution in [0.5, 0.6) is 0 Å². The summed E-state index contributed by atoms with van der Waals surface area (Å²) in [5, 5.41) is -0.510. The molecule has 0 aliphatic carbocycles. The fourth-order valence-corrected chi connectivity index (χ4v) is 1.25. The highest BCUT2D eigenvalue weighted by Gasteiger charge is 2.23. The first-order valence-corrected chi connectivity index (χ1v) is 5.38. The smallest absolute Gasteiger partial charge is 0.414 e. The summed E-state index contributed by atoms with van der Waals surface area (Å²) in [5.41, 5.74) is -1.67. The van der Waals surface area contributed by atoms with E-state index in [0.717, 1.165) is 6.07 Å². The third-order valence-electron chi connectivity index (χ3n) is 1.81. The van der Waals surface area contributed by atoms with Gasteiger partial charge in [0.15, 0.2) is 0 Å². The van der Waals surface area contributed by atoms with Crippen LogP contribution in [0.4, 0.5) is 19.3 Å². The molecular formula is C12H14ClF2NO2. The molecule has 0 radical (unpaired) electrons. The van der Waals surface area contributed by atoms with Crippen molar-refractivity contribution in [1.82, 2.24) is 0 Å². The van der Waals surface area contributed by atoms with Gasteiger partial charge in [-0.3, -0.25) is 4.90 Å². The minimum atomic E-state index is -3.02. The zero-order chi connectivity index (χ0) is 16.6. The van der Waals surface area contributed by atoms with Crippen LogP contribution >= 0.6 is 11.6 Å². The average molecular weight is 281 g/mol. The van der Waals surface area contributed by atoms with E-state index in [1.165, 1.54) is 20.8 Å². The number of nitrogens with zero attached hydrogens (tertiary/aromatic N) is 1. The molecule has 1 aromatic carbocycles. The van der Waals surface area contributed by atoms with E-state index in [1.54, 1.807) is 0 Å². The number of halogens is 3. The van der Waals surface area contributed by atoms with E-state index in [0.29, 0.717) is 6.07 Å². The fourth-order valence-electron chi connectivity index (χ4n) is 1.09. The average Bonchev–Trinajstić information content (AvgIpc) is 2.21. The Bertz CT molecular complexity index is 559. The lowest BCUT2D eigenvalue weighted by atomic mass is 10.2. The van der Waals surface area contributed by atoms with E-state index in [1.807, 2.05) is 0 Å². The van der Waals surface area contributed by atoms with Crippen molar-refractivity contribution in [3.63, 3.8) is 0 Å². The van der Waals surface area contributed by atoms with Crippen molar-refractivity contribution in [1.29, 1.82) is 0 Å². The van der Waals surface area contributed by atoms with Gasteiger partial charge in [-0.2, -0.15) is 0 Å². The van der Waals surface area contributed by atoms with Gasteiger partial charge in [-0.15, -0.1) is 0 Å². The molecule has 0 aliphatic rings. The number of carbonyl (C=O) groups is 1. The number of rotatable bonds is 1. The molecule has 0 fully saturated rings. The molecule has 0 saturated carbocycles. The minimum Gasteiger partial charge on any atom is -0.443 e. The summed E-state index contributed by atoms with van der Waals surface area (Å²) in [7, 11) is 0. The van der Waals surface area contributed by atoms with Gasteiger partial charge in [-0.25, -0.2) is 13.6 Å². The minimum absolute atomic E-state index is 0.124. The number of ether oxygens (including phenoxy) is 1. The number of hydrogen-bond donors (Lipinski definition) is 0. The molecule has 1 aromatic rings. The van der Waals surface area contributed by atoms with Gasteiger partial charge < -0.3 is 4.74 Å². The highest BCUT2D eigenvalue weighted by atomic mass is 35.5. The van der Waals surface area contributed by atoms with E-state index >= 15 is 0 Å². The van der Waals surface area contributed by atoms with Crippen LogP contribution in [-0.4, -0.2) is 18.7 Å². The molecule has 1 amide bonds. The Labute approximate surface area is 114 Å². The van der Waals surface area contributed by atoms with Gasteiger partial charge in [0.2, 0.25) is 0 Å². The largest absolute Gasteiger partial charge is 0.443 e. The number of amides is 1. The zero-order valence-electron chi connectivity index (χ0n) is 13.1. The molecule has 3 nitrogen and oxygen atoms in total. The van der Waals surface area contributed by atoms with Gasteiger partial charge in [0.05, 0.1) is 10.7 Å². The summed E-state index contributed by atoms with van der Waals surface area (Å²) in [6.07, 6.45) is -1.29. The summed E-state index contributed by atoms with van der Waals surface area (Å²) < 4.78 is 53.9. The maximum Gasteiger partial charge on any atom is 0.414 e. The van der Waals surface area contributed by atoms with Crippen molar-refractivity contribution < 1.29 is 22.4 Å². The third-order valence-corrected chi connectivity index (χ3v) is 2.10. The van der Waals surface area contributed by atoms with Crippen molar-refractivity contribution >= 4 is 23.4 Å². The van der Waals surface area contributed by atoms with E-state index in [-0.39, 0.29) is 4.90 Å². The fraction of sp³-hybridized carbons (Fsp3) is 0.417. The van der Waals surface area contributed by atoms with Crippen LogP contribution in [-0.2, 0) is 4.74 Å². The Kier molecular flexibility index (Phi) is 2.99. The maximum atomic E-state index is 13.8. The van der Waals surface area contributed by atoms with Crippen LogP contribution in [0.15, 0.2) is 12.1 Å². The van der Waals surface area contributed by atoms with Gasteiger partial charge in [0.25, 0.3) is 0 Å². The zero-order valence-corrected chi connectivity index (χ0v) is 10.8. The van der Waals surface area contributed by atoms with Crippen molar-refractivity contribution in [2.45, 2.75) is 26.4 Å². The maximum absolute atomic E-state index is 13.8. The van der Waals surface area contributed by atoms with Gasteiger partial charge in [-0.05, 0) is 26.8 Å².